The van der Waals surface area contributed by atoms with Gasteiger partial charge < -0.3 is 31.1 Å². The summed E-state index contributed by atoms with van der Waals surface area (Å²) in [6, 6.07) is 6.91. The van der Waals surface area contributed by atoms with E-state index in [0.717, 1.165) is 5.56 Å². The zero-order valence-corrected chi connectivity index (χ0v) is 26.7. The molecule has 230 valence electrons. The molecule has 1 unspecified atom stereocenters. The Morgan fingerprint density at radius 1 is 0.854 bits per heavy atom. The minimum Gasteiger partial charge on any atom is -0.368 e. The van der Waals surface area contributed by atoms with Gasteiger partial charge in [-0.15, -0.1) is 0 Å². The van der Waals surface area contributed by atoms with Crippen molar-refractivity contribution in [2.45, 2.75) is 96.4 Å². The van der Waals surface area contributed by atoms with Crippen LogP contribution in [0.3, 0.4) is 0 Å². The maximum Gasteiger partial charge on any atom is 0.266 e. The van der Waals surface area contributed by atoms with Crippen LogP contribution < -0.4 is 27.0 Å². The number of rotatable bonds is 14. The number of nitrogens with two attached hydrogens (primary N) is 1. The first-order chi connectivity index (χ1) is 18.8. The Kier molecular flexibility index (Phi) is 13.2. The van der Waals surface area contributed by atoms with E-state index in [9.17, 15) is 24.0 Å². The van der Waals surface area contributed by atoms with Crippen LogP contribution in [0.4, 0.5) is 4.11 Å². The van der Waals surface area contributed by atoms with E-state index in [0.29, 0.717) is 0 Å². The van der Waals surface area contributed by atoms with Gasteiger partial charge in [-0.3, -0.25) is 24.0 Å². The second-order valence-electron chi connectivity index (χ2n) is 12.8. The fraction of sp³-hybridized carbons (Fsp3) is 0.621. The van der Waals surface area contributed by atoms with Crippen LogP contribution in [0, 0.1) is 5.92 Å². The van der Waals surface area contributed by atoms with Crippen LogP contribution in [-0.4, -0.2) is 63.1 Å². The van der Waals surface area contributed by atoms with Crippen LogP contribution in [0.5, 0.6) is 0 Å². The Morgan fingerprint density at radius 3 is 1.90 bits per heavy atom. The lowest BCUT2D eigenvalue weighted by molar-refractivity contribution is -0.130. The predicted molar refractivity (Wildman–Crippen MR) is 160 cm³/mol. The fourth-order valence-electron chi connectivity index (χ4n) is 4.67. The summed E-state index contributed by atoms with van der Waals surface area (Å²) in [6.45, 7) is 14.0. The standard InChI is InChI=1S/C29H48FN5O5Si/c1-19(2)25(35-24(38)18-41(30,28(3,4)5)29(6,7)8)27(40)32-15-14-23(37)34-21(26(39)33-17-22(31)36)16-20-12-10-9-11-13-20/h9-13,19,21,25H,14-18H2,1-8H3,(H2,31,36)(H,32,40)(H,33,39)(H,34,37)(H,35,38)/t21-,25?/m0/s1. The topological polar surface area (TPSA) is 159 Å². The average Bonchev–Trinajstić information content (AvgIpc) is 2.84. The Bertz CT molecular complexity index is 1060. The lowest BCUT2D eigenvalue weighted by atomic mass is 10.0. The zero-order chi connectivity index (χ0) is 31.6. The molecule has 5 amide bonds. The molecule has 0 saturated carbocycles. The van der Waals surface area contributed by atoms with Gasteiger partial charge in [0.2, 0.25) is 29.5 Å². The number of nitrogens with one attached hydrogen (secondary N) is 4. The summed E-state index contributed by atoms with van der Waals surface area (Å²) >= 11 is 0. The van der Waals surface area contributed by atoms with E-state index in [2.05, 4.69) is 21.3 Å². The van der Waals surface area contributed by atoms with Crippen molar-refractivity contribution in [2.75, 3.05) is 13.1 Å². The number of amides is 5. The summed E-state index contributed by atoms with van der Waals surface area (Å²) in [5.74, 6) is -3.05. The van der Waals surface area contributed by atoms with E-state index >= 15 is 4.11 Å². The molecular weight excluding hydrogens is 545 g/mol. The van der Waals surface area contributed by atoms with Crippen molar-refractivity contribution in [1.82, 2.24) is 21.3 Å². The molecule has 0 aliphatic heterocycles. The van der Waals surface area contributed by atoms with E-state index in [1.165, 1.54) is 0 Å². The number of hydrogen-bond donors (Lipinski definition) is 5. The maximum absolute atomic E-state index is 16.3. The lowest BCUT2D eigenvalue weighted by Crippen LogP contribution is -2.55. The van der Waals surface area contributed by atoms with Crippen LogP contribution >= 0.6 is 0 Å². The predicted octanol–water partition coefficient (Wildman–Crippen LogP) is 2.48. The molecule has 0 radical (unpaired) electrons. The largest absolute Gasteiger partial charge is 0.368 e. The van der Waals surface area contributed by atoms with Crippen LogP contribution in [0.25, 0.3) is 0 Å². The molecule has 0 aliphatic carbocycles. The van der Waals surface area contributed by atoms with Crippen molar-refractivity contribution in [2.24, 2.45) is 11.7 Å². The summed E-state index contributed by atoms with van der Waals surface area (Å²) in [4.78, 5) is 62.2. The number of carbonyl (C=O) groups excluding carboxylic acids is 5. The van der Waals surface area contributed by atoms with Crippen molar-refractivity contribution < 1.29 is 28.1 Å². The SMILES string of the molecule is CC(C)C(NC(=O)C[Si](F)(C(C)(C)C)C(C)(C)C)C(=O)NCCC(=O)N[C@@H](Cc1ccccc1)C(=O)NCC(N)=O. The molecule has 0 heterocycles. The van der Waals surface area contributed by atoms with Gasteiger partial charge in [0.15, 0.2) is 0 Å². The first-order valence-corrected chi connectivity index (χ1v) is 16.0. The highest BCUT2D eigenvalue weighted by Gasteiger charge is 2.56. The number of carbonyl (C=O) groups is 5. The molecule has 2 atom stereocenters. The van der Waals surface area contributed by atoms with Gasteiger partial charge in [-0.05, 0) is 21.6 Å². The highest BCUT2D eigenvalue weighted by atomic mass is 28.4. The van der Waals surface area contributed by atoms with E-state index in [4.69, 9.17) is 5.73 Å². The molecule has 10 nitrogen and oxygen atoms in total. The number of hydrogen-bond acceptors (Lipinski definition) is 5. The summed E-state index contributed by atoms with van der Waals surface area (Å²) in [6.07, 6.45) is 0.0565. The molecule has 0 saturated heterocycles. The van der Waals surface area contributed by atoms with Crippen molar-refractivity contribution in [3.05, 3.63) is 35.9 Å². The Hall–Kier alpha value is -3.28. The first-order valence-electron chi connectivity index (χ1n) is 13.9. The summed E-state index contributed by atoms with van der Waals surface area (Å²) in [5, 5.41) is 9.04. The third-order valence-corrected chi connectivity index (χ3v) is 12.6. The summed E-state index contributed by atoms with van der Waals surface area (Å²) in [7, 11) is -3.61. The van der Waals surface area contributed by atoms with Crippen LogP contribution in [0.1, 0.15) is 67.4 Å². The molecule has 1 rings (SSSR count). The quantitative estimate of drug-likeness (QED) is 0.165. The second-order valence-corrected chi connectivity index (χ2v) is 17.8. The highest BCUT2D eigenvalue weighted by Crippen LogP contribution is 2.54. The Morgan fingerprint density at radius 2 is 1.41 bits per heavy atom. The van der Waals surface area contributed by atoms with Crippen molar-refractivity contribution >= 4 is 37.9 Å². The van der Waals surface area contributed by atoms with E-state index < -0.39 is 60.1 Å². The second kappa shape index (κ2) is 15.1. The number of halogens is 1. The first kappa shape index (κ1) is 35.7. The molecule has 0 spiro atoms. The highest BCUT2D eigenvalue weighted by molar-refractivity contribution is 6.81. The van der Waals surface area contributed by atoms with Gasteiger partial charge in [-0.1, -0.05) is 85.7 Å². The molecule has 0 aliphatic rings. The molecule has 41 heavy (non-hydrogen) atoms. The normalized spacial score (nSPS) is 13.6. The van der Waals surface area contributed by atoms with E-state index in [1.54, 1.807) is 79.7 Å². The number of primary amides is 1. The van der Waals surface area contributed by atoms with E-state index in [-0.39, 0.29) is 37.9 Å². The van der Waals surface area contributed by atoms with Gasteiger partial charge in [0.1, 0.15) is 12.1 Å². The monoisotopic (exact) mass is 593 g/mol. The molecule has 0 bridgehead atoms. The molecule has 12 heteroatoms. The van der Waals surface area contributed by atoms with Crippen molar-refractivity contribution in [1.29, 1.82) is 0 Å². The number of benzene rings is 1. The Labute approximate surface area is 244 Å². The van der Waals surface area contributed by atoms with Gasteiger partial charge in [0, 0.05) is 19.4 Å². The Balaban J connectivity index is 2.79. The van der Waals surface area contributed by atoms with Crippen LogP contribution in [0.15, 0.2) is 30.3 Å². The average molecular weight is 594 g/mol. The summed E-state index contributed by atoms with van der Waals surface area (Å²) in [5.41, 5.74) is 5.91. The van der Waals surface area contributed by atoms with E-state index in [1.807, 2.05) is 6.07 Å². The van der Waals surface area contributed by atoms with Gasteiger partial charge in [-0.2, -0.15) is 0 Å². The third kappa shape index (κ3) is 11.3. The maximum atomic E-state index is 16.3. The van der Waals surface area contributed by atoms with Gasteiger partial charge in [-0.25, -0.2) is 0 Å². The molecule has 0 aromatic heterocycles. The van der Waals surface area contributed by atoms with Crippen molar-refractivity contribution in [3.8, 4) is 0 Å². The van der Waals surface area contributed by atoms with Gasteiger partial charge >= 0.3 is 0 Å². The third-order valence-electron chi connectivity index (χ3n) is 7.07. The minimum atomic E-state index is -3.61. The molecule has 6 N–H and O–H groups in total. The van der Waals surface area contributed by atoms with Gasteiger partial charge in [0.25, 0.3) is 8.41 Å². The van der Waals surface area contributed by atoms with Crippen molar-refractivity contribution in [3.63, 3.8) is 0 Å². The molecular formula is C29H48FN5O5Si. The smallest absolute Gasteiger partial charge is 0.266 e. The molecule has 0 fully saturated rings. The molecule has 1 aromatic carbocycles. The van der Waals surface area contributed by atoms with Crippen LogP contribution in [-0.2, 0) is 30.4 Å². The lowest BCUT2D eigenvalue weighted by Gasteiger charge is -2.44. The zero-order valence-electron chi connectivity index (χ0n) is 25.7. The minimum absolute atomic E-state index is 0.0451. The fourth-order valence-corrected chi connectivity index (χ4v) is 8.52. The van der Waals surface area contributed by atoms with Crippen LogP contribution in [0.2, 0.25) is 16.1 Å². The van der Waals surface area contributed by atoms with Gasteiger partial charge in [0.05, 0.1) is 12.6 Å². The molecule has 1 aromatic rings. The summed E-state index contributed by atoms with van der Waals surface area (Å²) < 4.78 is 16.3.